The molecule has 0 aliphatic carbocycles. The Kier molecular flexibility index (Phi) is 3.53. The molecule has 7 nitrogen and oxygen atoms in total. The summed E-state index contributed by atoms with van der Waals surface area (Å²) in [6.07, 6.45) is 3.03. The van der Waals surface area contributed by atoms with Gasteiger partial charge in [-0.1, -0.05) is 0 Å². The van der Waals surface area contributed by atoms with Crippen LogP contribution in [0.25, 0.3) is 11.1 Å². The van der Waals surface area contributed by atoms with Crippen LogP contribution in [0.1, 0.15) is 17.3 Å². The van der Waals surface area contributed by atoms with Gasteiger partial charge in [0.2, 0.25) is 5.91 Å². The Labute approximate surface area is 125 Å². The summed E-state index contributed by atoms with van der Waals surface area (Å²) in [6, 6.07) is 8.44. The fraction of sp³-hybridized carbons (Fsp3) is 0.0667. The minimum absolute atomic E-state index is 0.0869. The molecule has 0 saturated carbocycles. The summed E-state index contributed by atoms with van der Waals surface area (Å²) in [5, 5.41) is 5.21. The SMILES string of the molecule is CC(=O)Nc1ccc2nc(NC(=O)c3cccnc3)oc2c1. The first-order chi connectivity index (χ1) is 10.6. The van der Waals surface area contributed by atoms with Gasteiger partial charge >= 0.3 is 6.01 Å². The van der Waals surface area contributed by atoms with E-state index in [0.717, 1.165) is 0 Å². The maximum atomic E-state index is 12.0. The van der Waals surface area contributed by atoms with Crippen molar-refractivity contribution in [2.45, 2.75) is 6.92 Å². The van der Waals surface area contributed by atoms with E-state index in [1.54, 1.807) is 36.5 Å². The quantitative estimate of drug-likeness (QED) is 0.773. The minimum Gasteiger partial charge on any atom is -0.423 e. The lowest BCUT2D eigenvalue weighted by atomic mass is 10.3. The van der Waals surface area contributed by atoms with Gasteiger partial charge in [0.25, 0.3) is 5.91 Å². The van der Waals surface area contributed by atoms with Crippen molar-refractivity contribution in [3.05, 3.63) is 48.3 Å². The number of pyridine rings is 1. The van der Waals surface area contributed by atoms with E-state index in [9.17, 15) is 9.59 Å². The molecular formula is C15H12N4O3. The standard InChI is InChI=1S/C15H12N4O3/c1-9(20)17-11-4-5-12-13(7-11)22-15(18-12)19-14(21)10-3-2-6-16-8-10/h2-8H,1H3,(H,17,20)(H,18,19,21). The molecule has 0 bridgehead atoms. The van der Waals surface area contributed by atoms with Crippen LogP contribution in [0.15, 0.2) is 47.1 Å². The summed E-state index contributed by atoms with van der Waals surface area (Å²) in [4.78, 5) is 31.1. The highest BCUT2D eigenvalue weighted by molar-refractivity contribution is 6.03. The number of nitrogens with one attached hydrogen (secondary N) is 2. The molecule has 0 spiro atoms. The maximum Gasteiger partial charge on any atom is 0.302 e. The van der Waals surface area contributed by atoms with Crippen LogP contribution in [-0.2, 0) is 4.79 Å². The molecule has 2 N–H and O–H groups in total. The maximum absolute atomic E-state index is 12.0. The molecule has 2 heterocycles. The zero-order valence-corrected chi connectivity index (χ0v) is 11.7. The van der Waals surface area contributed by atoms with Gasteiger partial charge in [-0.05, 0) is 24.3 Å². The van der Waals surface area contributed by atoms with Crippen LogP contribution < -0.4 is 10.6 Å². The smallest absolute Gasteiger partial charge is 0.302 e. The molecular weight excluding hydrogens is 284 g/mol. The molecule has 0 atom stereocenters. The van der Waals surface area contributed by atoms with Gasteiger partial charge in [0.15, 0.2) is 5.58 Å². The lowest BCUT2D eigenvalue weighted by Gasteiger charge is -1.99. The molecule has 0 radical (unpaired) electrons. The van der Waals surface area contributed by atoms with Gasteiger partial charge in [0.1, 0.15) is 5.52 Å². The number of carbonyl (C=O) groups is 2. The molecule has 0 aliphatic heterocycles. The van der Waals surface area contributed by atoms with Crippen molar-refractivity contribution in [2.24, 2.45) is 0 Å². The zero-order valence-electron chi connectivity index (χ0n) is 11.7. The fourth-order valence-electron chi connectivity index (χ4n) is 1.93. The van der Waals surface area contributed by atoms with Gasteiger partial charge in [-0.2, -0.15) is 4.98 Å². The third-order valence-electron chi connectivity index (χ3n) is 2.85. The monoisotopic (exact) mass is 296 g/mol. The Morgan fingerprint density at radius 1 is 1.18 bits per heavy atom. The molecule has 0 aliphatic rings. The average molecular weight is 296 g/mol. The van der Waals surface area contributed by atoms with Gasteiger partial charge in [-0.15, -0.1) is 0 Å². The van der Waals surface area contributed by atoms with Crippen LogP contribution >= 0.6 is 0 Å². The topological polar surface area (TPSA) is 97.1 Å². The lowest BCUT2D eigenvalue weighted by molar-refractivity contribution is -0.114. The van der Waals surface area contributed by atoms with Crippen molar-refractivity contribution in [3.63, 3.8) is 0 Å². The Morgan fingerprint density at radius 2 is 2.05 bits per heavy atom. The van der Waals surface area contributed by atoms with Gasteiger partial charge in [0, 0.05) is 31.1 Å². The molecule has 3 aromatic rings. The summed E-state index contributed by atoms with van der Waals surface area (Å²) in [5.41, 5.74) is 2.05. The number of oxazole rings is 1. The summed E-state index contributed by atoms with van der Waals surface area (Å²) in [6.45, 7) is 1.42. The molecule has 7 heteroatoms. The zero-order chi connectivity index (χ0) is 15.5. The number of nitrogens with zero attached hydrogens (tertiary/aromatic N) is 2. The van der Waals surface area contributed by atoms with Crippen LogP contribution in [0.3, 0.4) is 0 Å². The number of benzene rings is 1. The van der Waals surface area contributed by atoms with E-state index < -0.39 is 0 Å². The Morgan fingerprint density at radius 3 is 2.77 bits per heavy atom. The first-order valence-corrected chi connectivity index (χ1v) is 6.51. The van der Waals surface area contributed by atoms with E-state index in [2.05, 4.69) is 20.6 Å². The van der Waals surface area contributed by atoms with E-state index in [1.165, 1.54) is 13.1 Å². The second kappa shape index (κ2) is 5.65. The van der Waals surface area contributed by atoms with Crippen molar-refractivity contribution in [2.75, 3.05) is 10.6 Å². The second-order valence-electron chi connectivity index (χ2n) is 4.58. The number of rotatable bonds is 3. The predicted octanol–water partition coefficient (Wildman–Crippen LogP) is 2.43. The first kappa shape index (κ1) is 13.7. The van der Waals surface area contributed by atoms with Crippen molar-refractivity contribution < 1.29 is 14.0 Å². The second-order valence-corrected chi connectivity index (χ2v) is 4.58. The number of fused-ring (bicyclic) bond motifs is 1. The highest BCUT2D eigenvalue weighted by Crippen LogP contribution is 2.22. The van der Waals surface area contributed by atoms with E-state index in [1.807, 2.05) is 0 Å². The highest BCUT2D eigenvalue weighted by Gasteiger charge is 2.11. The normalized spacial score (nSPS) is 10.4. The van der Waals surface area contributed by atoms with Crippen LogP contribution in [0.4, 0.5) is 11.7 Å². The first-order valence-electron chi connectivity index (χ1n) is 6.51. The predicted molar refractivity (Wildman–Crippen MR) is 80.5 cm³/mol. The number of carbonyl (C=O) groups excluding carboxylic acids is 2. The molecule has 3 rings (SSSR count). The minimum atomic E-state index is -0.359. The van der Waals surface area contributed by atoms with E-state index in [4.69, 9.17) is 4.42 Å². The molecule has 110 valence electrons. The number of hydrogen-bond donors (Lipinski definition) is 2. The average Bonchev–Trinajstić information content (AvgIpc) is 2.89. The molecule has 2 amide bonds. The Bertz CT molecular complexity index is 842. The molecule has 0 fully saturated rings. The van der Waals surface area contributed by atoms with Crippen molar-refractivity contribution in [1.29, 1.82) is 0 Å². The number of anilines is 2. The number of hydrogen-bond acceptors (Lipinski definition) is 5. The van der Waals surface area contributed by atoms with Crippen LogP contribution in [-0.4, -0.2) is 21.8 Å². The van der Waals surface area contributed by atoms with Crippen molar-refractivity contribution in [3.8, 4) is 0 Å². The molecule has 0 unspecified atom stereocenters. The summed E-state index contributed by atoms with van der Waals surface area (Å²) < 4.78 is 5.47. The van der Waals surface area contributed by atoms with E-state index >= 15 is 0 Å². The number of amides is 2. The highest BCUT2D eigenvalue weighted by atomic mass is 16.4. The largest absolute Gasteiger partial charge is 0.423 e. The van der Waals surface area contributed by atoms with E-state index in [-0.39, 0.29) is 17.8 Å². The van der Waals surface area contributed by atoms with Gasteiger partial charge in [-0.25, -0.2) is 0 Å². The Balaban J connectivity index is 1.83. The molecule has 0 saturated heterocycles. The molecule has 22 heavy (non-hydrogen) atoms. The van der Waals surface area contributed by atoms with Crippen molar-refractivity contribution in [1.82, 2.24) is 9.97 Å². The van der Waals surface area contributed by atoms with Gasteiger partial charge in [0.05, 0.1) is 5.56 Å². The van der Waals surface area contributed by atoms with Crippen LogP contribution in [0.2, 0.25) is 0 Å². The lowest BCUT2D eigenvalue weighted by Crippen LogP contribution is -2.12. The Hall–Kier alpha value is -3.22. The molecule has 2 aromatic heterocycles. The molecule has 1 aromatic carbocycles. The third-order valence-corrected chi connectivity index (χ3v) is 2.85. The van der Waals surface area contributed by atoms with Gasteiger partial charge < -0.3 is 9.73 Å². The summed E-state index contributed by atoms with van der Waals surface area (Å²) >= 11 is 0. The van der Waals surface area contributed by atoms with Crippen molar-refractivity contribution >= 4 is 34.6 Å². The van der Waals surface area contributed by atoms with Gasteiger partial charge in [-0.3, -0.25) is 19.9 Å². The van der Waals surface area contributed by atoms with Crippen LogP contribution in [0.5, 0.6) is 0 Å². The van der Waals surface area contributed by atoms with Crippen LogP contribution in [0, 0.1) is 0 Å². The van der Waals surface area contributed by atoms with E-state index in [0.29, 0.717) is 22.4 Å². The number of aromatic nitrogens is 2. The third kappa shape index (κ3) is 2.93. The summed E-state index contributed by atoms with van der Waals surface area (Å²) in [7, 11) is 0. The fourth-order valence-corrected chi connectivity index (χ4v) is 1.93. The summed E-state index contributed by atoms with van der Waals surface area (Å²) in [5.74, 6) is -0.536.